The fourth-order valence-electron chi connectivity index (χ4n) is 1.90. The molecule has 0 saturated heterocycles. The van der Waals surface area contributed by atoms with Gasteiger partial charge in [0.25, 0.3) is 0 Å². The van der Waals surface area contributed by atoms with Crippen LogP contribution in [0, 0.1) is 0 Å². The topological polar surface area (TPSA) is 18.5 Å². The standard InChI is InChI=1S/C14H28NO2.FH/c1-5-9-15(10-6-2,11-13-16-7-3)12-14-17-8-4;/h5-6H,1-2,7-14H2,3-4H3;1H/q+1;/p-1. The normalized spacial score (nSPS) is 10.8. The van der Waals surface area contributed by atoms with Gasteiger partial charge in [-0.05, 0) is 26.0 Å². The van der Waals surface area contributed by atoms with Crippen LogP contribution in [0.25, 0.3) is 0 Å². The minimum atomic E-state index is 0. The van der Waals surface area contributed by atoms with E-state index in [-0.39, 0.29) is 4.70 Å². The molecule has 0 atom stereocenters. The van der Waals surface area contributed by atoms with Crippen molar-refractivity contribution in [1.82, 2.24) is 0 Å². The highest BCUT2D eigenvalue weighted by molar-refractivity contribution is 4.72. The Hall–Kier alpha value is -0.710. The SMILES string of the molecule is C=CC[N+](CC=C)(CCOCC)CCOCC.[F-]. The smallest absolute Gasteiger partial charge is 0.103 e. The quantitative estimate of drug-likeness (QED) is 0.261. The molecule has 0 amide bonds. The highest BCUT2D eigenvalue weighted by Crippen LogP contribution is 2.08. The molecular weight excluding hydrogens is 233 g/mol. The Morgan fingerprint density at radius 1 is 0.889 bits per heavy atom. The molecule has 0 aliphatic rings. The predicted molar refractivity (Wildman–Crippen MR) is 73.1 cm³/mol. The summed E-state index contributed by atoms with van der Waals surface area (Å²) in [5.74, 6) is 0. The maximum absolute atomic E-state index is 5.46. The van der Waals surface area contributed by atoms with Crippen LogP contribution < -0.4 is 4.70 Å². The molecule has 0 aliphatic heterocycles. The third-order valence-electron chi connectivity index (χ3n) is 2.86. The van der Waals surface area contributed by atoms with Crippen LogP contribution in [0.1, 0.15) is 13.8 Å². The number of hydrogen-bond donors (Lipinski definition) is 0. The lowest BCUT2D eigenvalue weighted by Gasteiger charge is -2.36. The van der Waals surface area contributed by atoms with Crippen molar-refractivity contribution < 1.29 is 18.7 Å². The van der Waals surface area contributed by atoms with Crippen LogP contribution in [-0.2, 0) is 9.47 Å². The average Bonchev–Trinajstić information content (AvgIpc) is 2.30. The third-order valence-corrected chi connectivity index (χ3v) is 2.86. The molecule has 0 aromatic rings. The summed E-state index contributed by atoms with van der Waals surface area (Å²) in [4.78, 5) is 0. The Morgan fingerprint density at radius 2 is 1.28 bits per heavy atom. The molecular formula is C14H28FNO2. The maximum atomic E-state index is 5.46. The van der Waals surface area contributed by atoms with Gasteiger partial charge in [-0.3, -0.25) is 0 Å². The van der Waals surface area contributed by atoms with E-state index in [1.807, 2.05) is 26.0 Å². The Kier molecular flexibility index (Phi) is 13.9. The highest BCUT2D eigenvalue weighted by atomic mass is 19.0. The minimum absolute atomic E-state index is 0. The van der Waals surface area contributed by atoms with E-state index in [1.165, 1.54) is 0 Å². The summed E-state index contributed by atoms with van der Waals surface area (Å²) in [5.41, 5.74) is 0. The number of nitrogens with zero attached hydrogens (tertiary/aromatic N) is 1. The molecule has 0 spiro atoms. The van der Waals surface area contributed by atoms with Crippen LogP contribution >= 0.6 is 0 Å². The number of ether oxygens (including phenoxy) is 2. The van der Waals surface area contributed by atoms with Crippen molar-refractivity contribution in [1.29, 1.82) is 0 Å². The Labute approximate surface area is 111 Å². The van der Waals surface area contributed by atoms with E-state index < -0.39 is 0 Å². The molecule has 0 aliphatic carbocycles. The summed E-state index contributed by atoms with van der Waals surface area (Å²) in [5, 5.41) is 0. The van der Waals surface area contributed by atoms with Gasteiger partial charge in [0.2, 0.25) is 0 Å². The van der Waals surface area contributed by atoms with Crippen LogP contribution in [0.5, 0.6) is 0 Å². The van der Waals surface area contributed by atoms with E-state index in [4.69, 9.17) is 9.47 Å². The first-order chi connectivity index (χ1) is 8.24. The average molecular weight is 261 g/mol. The molecule has 0 aromatic heterocycles. The molecule has 108 valence electrons. The monoisotopic (exact) mass is 261 g/mol. The van der Waals surface area contributed by atoms with Crippen LogP contribution in [0.2, 0.25) is 0 Å². The summed E-state index contributed by atoms with van der Waals surface area (Å²) in [6.45, 7) is 18.7. The van der Waals surface area contributed by atoms with Gasteiger partial charge in [0.05, 0.1) is 26.3 Å². The lowest BCUT2D eigenvalue weighted by Crippen LogP contribution is -3.00. The van der Waals surface area contributed by atoms with Crippen molar-refractivity contribution in [3.63, 3.8) is 0 Å². The zero-order chi connectivity index (χ0) is 13.0. The van der Waals surface area contributed by atoms with Crippen LogP contribution in [0.4, 0.5) is 0 Å². The fraction of sp³-hybridized carbons (Fsp3) is 0.714. The molecule has 0 aromatic carbocycles. The summed E-state index contributed by atoms with van der Waals surface area (Å²) in [6, 6.07) is 0. The van der Waals surface area contributed by atoms with Crippen LogP contribution in [0.3, 0.4) is 0 Å². The van der Waals surface area contributed by atoms with Crippen molar-refractivity contribution in [3.05, 3.63) is 25.3 Å². The Morgan fingerprint density at radius 3 is 1.56 bits per heavy atom. The van der Waals surface area contributed by atoms with Crippen LogP contribution in [-0.4, -0.2) is 57.1 Å². The number of rotatable bonds is 12. The summed E-state index contributed by atoms with van der Waals surface area (Å²) < 4.78 is 11.8. The van der Waals surface area contributed by atoms with E-state index in [0.717, 1.165) is 57.1 Å². The van der Waals surface area contributed by atoms with Gasteiger partial charge in [0.15, 0.2) is 0 Å². The third kappa shape index (κ3) is 8.39. The minimum Gasteiger partial charge on any atom is -1.00 e. The van der Waals surface area contributed by atoms with E-state index in [0.29, 0.717) is 0 Å². The van der Waals surface area contributed by atoms with Gasteiger partial charge in [-0.1, -0.05) is 13.2 Å². The van der Waals surface area contributed by atoms with Gasteiger partial charge >= 0.3 is 0 Å². The predicted octanol–water partition coefficient (Wildman–Crippen LogP) is -0.748. The van der Waals surface area contributed by atoms with Crippen molar-refractivity contribution in [3.8, 4) is 0 Å². The van der Waals surface area contributed by atoms with Crippen molar-refractivity contribution >= 4 is 0 Å². The summed E-state index contributed by atoms with van der Waals surface area (Å²) >= 11 is 0. The first kappa shape index (κ1) is 19.6. The second-order valence-corrected chi connectivity index (χ2v) is 4.13. The lowest BCUT2D eigenvalue weighted by atomic mass is 10.3. The van der Waals surface area contributed by atoms with Gasteiger partial charge in [0, 0.05) is 13.2 Å². The molecule has 0 rings (SSSR count). The Balaban J connectivity index is 0. The molecule has 0 bridgehead atoms. The van der Waals surface area contributed by atoms with Gasteiger partial charge in [0.1, 0.15) is 13.1 Å². The molecule has 4 heteroatoms. The largest absolute Gasteiger partial charge is 1.00 e. The Bertz CT molecular complexity index is 188. The molecule has 0 fully saturated rings. The molecule has 0 heterocycles. The van der Waals surface area contributed by atoms with Crippen LogP contribution in [0.15, 0.2) is 25.3 Å². The molecule has 0 N–H and O–H groups in total. The second kappa shape index (κ2) is 12.7. The van der Waals surface area contributed by atoms with Gasteiger partial charge in [-0.15, -0.1) is 0 Å². The van der Waals surface area contributed by atoms with Gasteiger partial charge in [-0.2, -0.15) is 0 Å². The van der Waals surface area contributed by atoms with Crippen molar-refractivity contribution in [2.24, 2.45) is 0 Å². The van der Waals surface area contributed by atoms with Gasteiger partial charge < -0.3 is 18.7 Å². The first-order valence-corrected chi connectivity index (χ1v) is 6.47. The summed E-state index contributed by atoms with van der Waals surface area (Å²) in [7, 11) is 0. The van der Waals surface area contributed by atoms with Crippen molar-refractivity contribution in [2.75, 3.05) is 52.6 Å². The summed E-state index contributed by atoms with van der Waals surface area (Å²) in [6.07, 6.45) is 3.95. The first-order valence-electron chi connectivity index (χ1n) is 6.47. The second-order valence-electron chi connectivity index (χ2n) is 4.13. The number of halogens is 1. The number of quaternary nitrogens is 1. The molecule has 0 radical (unpaired) electrons. The molecule has 0 saturated carbocycles. The van der Waals surface area contributed by atoms with E-state index in [9.17, 15) is 0 Å². The highest BCUT2D eigenvalue weighted by Gasteiger charge is 2.23. The fourth-order valence-corrected chi connectivity index (χ4v) is 1.90. The van der Waals surface area contributed by atoms with E-state index in [2.05, 4.69) is 13.2 Å². The number of hydrogen-bond acceptors (Lipinski definition) is 2. The van der Waals surface area contributed by atoms with E-state index >= 15 is 0 Å². The lowest BCUT2D eigenvalue weighted by molar-refractivity contribution is -0.918. The zero-order valence-corrected chi connectivity index (χ0v) is 11.9. The molecule has 18 heavy (non-hydrogen) atoms. The molecule has 0 unspecified atom stereocenters. The molecule has 3 nitrogen and oxygen atoms in total. The zero-order valence-electron chi connectivity index (χ0n) is 11.9. The van der Waals surface area contributed by atoms with Crippen molar-refractivity contribution in [2.45, 2.75) is 13.8 Å². The van der Waals surface area contributed by atoms with E-state index in [1.54, 1.807) is 0 Å². The maximum Gasteiger partial charge on any atom is 0.103 e. The van der Waals surface area contributed by atoms with Gasteiger partial charge in [-0.25, -0.2) is 0 Å².